The summed E-state index contributed by atoms with van der Waals surface area (Å²) in [5, 5.41) is 0. The van der Waals surface area contributed by atoms with Crippen molar-refractivity contribution >= 4 is 15.0 Å². The Bertz CT molecular complexity index is 197. The molecule has 0 aliphatic heterocycles. The van der Waals surface area contributed by atoms with Gasteiger partial charge in [-0.15, -0.1) is 0 Å². The van der Waals surface area contributed by atoms with Crippen LogP contribution in [0.3, 0.4) is 0 Å². The molecule has 0 bridgehead atoms. The average Bonchev–Trinajstić information content (AvgIpc) is 1.93. The molecule has 0 spiro atoms. The highest BCUT2D eigenvalue weighted by molar-refractivity contribution is 6.58. The maximum absolute atomic E-state index is 11.6. The zero-order valence-corrected chi connectivity index (χ0v) is 7.71. The van der Waals surface area contributed by atoms with Crippen molar-refractivity contribution in [3.8, 4) is 0 Å². The molecule has 0 radical (unpaired) electrons. The van der Waals surface area contributed by atoms with Gasteiger partial charge >= 0.3 is 21.2 Å². The summed E-state index contributed by atoms with van der Waals surface area (Å²) in [6.45, 7) is -0.856. The molecule has 0 aliphatic rings. The van der Waals surface area contributed by atoms with Crippen LogP contribution < -0.4 is 0 Å². The molecule has 0 saturated heterocycles. The quantitative estimate of drug-likeness (QED) is 0.248. The fourth-order valence-electron chi connectivity index (χ4n) is 0.519. The molecule has 0 aromatic heterocycles. The summed E-state index contributed by atoms with van der Waals surface area (Å²) < 4.78 is 72.6. The average molecular weight is 240 g/mol. The number of carbonyl (C=O) groups is 1. The molecule has 0 rings (SSSR count). The van der Waals surface area contributed by atoms with Crippen LogP contribution in [-0.4, -0.2) is 27.8 Å². The van der Waals surface area contributed by atoms with Crippen LogP contribution in [0.4, 0.5) is 25.5 Å². The predicted molar refractivity (Wildman–Crippen MR) is 35.5 cm³/mol. The van der Waals surface area contributed by atoms with Crippen LogP contribution in [-0.2, 0) is 9.53 Å². The second-order valence-corrected chi connectivity index (χ2v) is 4.08. The van der Waals surface area contributed by atoms with E-state index in [0.29, 0.717) is 0 Å². The molecule has 84 valence electrons. The molecule has 9 heteroatoms. The van der Waals surface area contributed by atoms with Crippen molar-refractivity contribution < 1.29 is 35.0 Å². The molecule has 0 N–H and O–H groups in total. The lowest BCUT2D eigenvalue weighted by atomic mass is 10.5. The van der Waals surface area contributed by atoms with Gasteiger partial charge in [-0.3, -0.25) is 0 Å². The minimum Gasteiger partial charge on any atom is -0.459 e. The lowest BCUT2D eigenvalue weighted by Crippen LogP contribution is -2.26. The van der Waals surface area contributed by atoms with Crippen LogP contribution in [0.2, 0.25) is 6.04 Å². The molecule has 14 heavy (non-hydrogen) atoms. The summed E-state index contributed by atoms with van der Waals surface area (Å²) in [6, 6.07) is -1.14. The number of rotatable bonds is 4. The Labute approximate surface area is 76.4 Å². The summed E-state index contributed by atoms with van der Waals surface area (Å²) in [5.41, 5.74) is 0. The molecule has 0 aromatic carbocycles. The third-order valence-electron chi connectivity index (χ3n) is 1.07. The maximum atomic E-state index is 11.6. The first kappa shape index (κ1) is 13.3. The molecule has 0 fully saturated rings. The molecular weight excluding hydrogens is 234 g/mol. The second kappa shape index (κ2) is 4.67. The summed E-state index contributed by atoms with van der Waals surface area (Å²) in [5.74, 6) is -2.46. The van der Waals surface area contributed by atoms with Gasteiger partial charge in [-0.25, -0.2) is 17.1 Å². The van der Waals surface area contributed by atoms with E-state index in [1.165, 1.54) is 0 Å². The molecule has 0 atom stereocenters. The minimum atomic E-state index is -5.75. The van der Waals surface area contributed by atoms with Crippen molar-refractivity contribution in [1.29, 1.82) is 0 Å². The topological polar surface area (TPSA) is 26.3 Å². The van der Waals surface area contributed by atoms with E-state index in [4.69, 9.17) is 0 Å². The number of hydrogen-bond donors (Lipinski definition) is 0. The number of alkyl halides is 3. The SMILES string of the molecule is O=C(OCCC[Si](F)(F)F)C(F)(F)F. The van der Waals surface area contributed by atoms with Crippen molar-refractivity contribution in [2.45, 2.75) is 18.6 Å². The van der Waals surface area contributed by atoms with Gasteiger partial charge in [-0.2, -0.15) is 13.2 Å². The van der Waals surface area contributed by atoms with E-state index < -0.39 is 40.3 Å². The van der Waals surface area contributed by atoms with Gasteiger partial charge in [0.2, 0.25) is 0 Å². The zero-order chi connectivity index (χ0) is 11.4. The first-order valence-corrected chi connectivity index (χ1v) is 5.28. The normalized spacial score (nSPS) is 12.7. The predicted octanol–water partition coefficient (Wildman–Crippen LogP) is 2.33. The molecule has 2 nitrogen and oxygen atoms in total. The number of ether oxygens (including phenoxy) is 1. The van der Waals surface area contributed by atoms with Crippen molar-refractivity contribution in [2.75, 3.05) is 6.61 Å². The number of hydrogen-bond acceptors (Lipinski definition) is 2. The molecule has 0 amide bonds. The smallest absolute Gasteiger partial charge is 0.459 e. The van der Waals surface area contributed by atoms with E-state index in [1.54, 1.807) is 0 Å². The van der Waals surface area contributed by atoms with Crippen LogP contribution in [0, 0.1) is 0 Å². The van der Waals surface area contributed by atoms with Crippen molar-refractivity contribution in [3.05, 3.63) is 0 Å². The van der Waals surface area contributed by atoms with Gasteiger partial charge in [0, 0.05) is 6.04 Å². The molecule has 0 unspecified atom stereocenters. The second-order valence-electron chi connectivity index (χ2n) is 2.35. The Morgan fingerprint density at radius 1 is 1.21 bits per heavy atom. The molecule has 0 aliphatic carbocycles. The van der Waals surface area contributed by atoms with Crippen LogP contribution in [0.25, 0.3) is 0 Å². The third-order valence-corrected chi connectivity index (χ3v) is 1.99. The lowest BCUT2D eigenvalue weighted by Gasteiger charge is -2.06. The van der Waals surface area contributed by atoms with Gasteiger partial charge in [0.25, 0.3) is 0 Å². The Kier molecular flexibility index (Phi) is 4.42. The highest BCUT2D eigenvalue weighted by Gasteiger charge is 2.41. The van der Waals surface area contributed by atoms with Crippen LogP contribution in [0.15, 0.2) is 0 Å². The van der Waals surface area contributed by atoms with E-state index in [1.807, 2.05) is 0 Å². The number of esters is 1. The van der Waals surface area contributed by atoms with Crippen LogP contribution in [0.1, 0.15) is 6.42 Å². The molecular formula is C5H6F6O2Si. The lowest BCUT2D eigenvalue weighted by molar-refractivity contribution is -0.199. The minimum absolute atomic E-state index is 0.614. The maximum Gasteiger partial charge on any atom is 0.616 e. The molecule has 0 aromatic rings. The van der Waals surface area contributed by atoms with Crippen molar-refractivity contribution in [2.24, 2.45) is 0 Å². The van der Waals surface area contributed by atoms with Gasteiger partial charge in [0.15, 0.2) is 0 Å². The Morgan fingerprint density at radius 3 is 2.07 bits per heavy atom. The zero-order valence-electron chi connectivity index (χ0n) is 6.71. The standard InChI is InChI=1S/C5H6F6O2Si/c6-5(7,8)4(12)13-2-1-3-14(9,10)11/h1-3H2. The largest absolute Gasteiger partial charge is 0.616 e. The van der Waals surface area contributed by atoms with Gasteiger partial charge in [0.05, 0.1) is 6.61 Å². The van der Waals surface area contributed by atoms with Gasteiger partial charge < -0.3 is 4.74 Å². The fourth-order valence-corrected chi connectivity index (χ4v) is 1.06. The number of halogens is 6. The summed E-state index contributed by atoms with van der Waals surface area (Å²) in [6.07, 6.45) is -5.76. The van der Waals surface area contributed by atoms with Crippen molar-refractivity contribution in [1.82, 2.24) is 0 Å². The first-order valence-electron chi connectivity index (χ1n) is 3.43. The van der Waals surface area contributed by atoms with Crippen LogP contribution >= 0.6 is 0 Å². The summed E-state index contributed by atoms with van der Waals surface area (Å²) in [4.78, 5) is 9.97. The fraction of sp³-hybridized carbons (Fsp3) is 0.800. The van der Waals surface area contributed by atoms with E-state index in [9.17, 15) is 30.3 Å². The first-order chi connectivity index (χ1) is 6.13. The molecule has 0 heterocycles. The summed E-state index contributed by atoms with van der Waals surface area (Å²) >= 11 is 0. The van der Waals surface area contributed by atoms with Crippen molar-refractivity contribution in [3.63, 3.8) is 0 Å². The van der Waals surface area contributed by atoms with E-state index in [-0.39, 0.29) is 0 Å². The monoisotopic (exact) mass is 240 g/mol. The van der Waals surface area contributed by atoms with Gasteiger partial charge in [-0.05, 0) is 6.42 Å². The highest BCUT2D eigenvalue weighted by Crippen LogP contribution is 2.19. The van der Waals surface area contributed by atoms with E-state index in [0.717, 1.165) is 0 Å². The highest BCUT2D eigenvalue weighted by atomic mass is 28.5. The third kappa shape index (κ3) is 6.75. The number of carbonyl (C=O) groups excluding carboxylic acids is 1. The van der Waals surface area contributed by atoms with E-state index in [2.05, 4.69) is 4.74 Å². The van der Waals surface area contributed by atoms with E-state index >= 15 is 0 Å². The van der Waals surface area contributed by atoms with Gasteiger partial charge in [-0.1, -0.05) is 0 Å². The Balaban J connectivity index is 3.62. The van der Waals surface area contributed by atoms with Gasteiger partial charge in [0.1, 0.15) is 0 Å². The Morgan fingerprint density at radius 2 is 1.71 bits per heavy atom. The Hall–Kier alpha value is -0.733. The van der Waals surface area contributed by atoms with Crippen LogP contribution in [0.5, 0.6) is 0 Å². The summed E-state index contributed by atoms with van der Waals surface area (Å²) in [7, 11) is -5.75. The molecule has 0 saturated carbocycles.